The van der Waals surface area contributed by atoms with Crippen LogP contribution in [0, 0.1) is 0 Å². The van der Waals surface area contributed by atoms with E-state index in [2.05, 4.69) is 40.2 Å². The zero-order chi connectivity index (χ0) is 20.2. The molecule has 1 amide bonds. The number of benzene rings is 2. The van der Waals surface area contributed by atoms with Crippen molar-refractivity contribution in [1.29, 1.82) is 0 Å². The van der Waals surface area contributed by atoms with Gasteiger partial charge in [-0.1, -0.05) is 18.2 Å². The molecule has 0 saturated carbocycles. The Hall–Kier alpha value is -3.05. The standard InChI is InChI=1S/C24H27N3O2/c1-18(27-17-7-11-23(27)22-10-6-16-26(22)2)24(28)25-19-12-14-21(15-13-19)29-20-8-4-3-5-9-20/h3-6,8-10,12-16,18,23H,7,11,17H2,1-2H3,(H,25,28)/t18-,23+/m0/s1. The highest BCUT2D eigenvalue weighted by Crippen LogP contribution is 2.34. The fraction of sp³-hybridized carbons (Fsp3) is 0.292. The molecule has 150 valence electrons. The van der Waals surface area contributed by atoms with E-state index in [1.807, 2.05) is 61.5 Å². The van der Waals surface area contributed by atoms with Crippen molar-refractivity contribution in [3.63, 3.8) is 0 Å². The van der Waals surface area contributed by atoms with Gasteiger partial charge in [0.2, 0.25) is 5.91 Å². The first-order chi connectivity index (χ1) is 14.1. The molecule has 4 rings (SSSR count). The number of likely N-dealkylation sites (tertiary alicyclic amines) is 1. The minimum Gasteiger partial charge on any atom is -0.457 e. The lowest BCUT2D eigenvalue weighted by atomic mass is 10.1. The van der Waals surface area contributed by atoms with Crippen LogP contribution in [-0.2, 0) is 11.8 Å². The first kappa shape index (κ1) is 19.3. The highest BCUT2D eigenvalue weighted by atomic mass is 16.5. The average molecular weight is 389 g/mol. The van der Waals surface area contributed by atoms with Crippen LogP contribution in [0.3, 0.4) is 0 Å². The molecule has 1 aliphatic rings. The third-order valence-corrected chi connectivity index (χ3v) is 5.60. The van der Waals surface area contributed by atoms with Gasteiger partial charge in [0, 0.05) is 24.6 Å². The smallest absolute Gasteiger partial charge is 0.241 e. The number of para-hydroxylation sites is 1. The van der Waals surface area contributed by atoms with Crippen molar-refractivity contribution in [3.8, 4) is 11.5 Å². The van der Waals surface area contributed by atoms with Gasteiger partial charge in [-0.05, 0) is 74.8 Å². The van der Waals surface area contributed by atoms with Gasteiger partial charge in [-0.2, -0.15) is 0 Å². The Morgan fingerprint density at radius 1 is 1.03 bits per heavy atom. The van der Waals surface area contributed by atoms with Crippen LogP contribution in [0.2, 0.25) is 0 Å². The van der Waals surface area contributed by atoms with Crippen molar-refractivity contribution in [2.24, 2.45) is 7.05 Å². The van der Waals surface area contributed by atoms with E-state index in [-0.39, 0.29) is 18.0 Å². The molecule has 5 heteroatoms. The molecule has 1 aliphatic heterocycles. The van der Waals surface area contributed by atoms with E-state index in [0.29, 0.717) is 0 Å². The van der Waals surface area contributed by atoms with E-state index in [0.717, 1.165) is 36.6 Å². The highest BCUT2D eigenvalue weighted by Gasteiger charge is 2.34. The predicted octanol–water partition coefficient (Wildman–Crippen LogP) is 4.98. The molecule has 1 saturated heterocycles. The summed E-state index contributed by atoms with van der Waals surface area (Å²) >= 11 is 0. The number of rotatable bonds is 6. The molecule has 2 aromatic carbocycles. The van der Waals surface area contributed by atoms with Gasteiger partial charge in [0.15, 0.2) is 0 Å². The van der Waals surface area contributed by atoms with Gasteiger partial charge >= 0.3 is 0 Å². The summed E-state index contributed by atoms with van der Waals surface area (Å²) in [5.74, 6) is 1.55. The first-order valence-corrected chi connectivity index (χ1v) is 10.1. The second kappa shape index (κ2) is 8.53. The lowest BCUT2D eigenvalue weighted by Crippen LogP contribution is -2.41. The Kier molecular flexibility index (Phi) is 5.67. The van der Waals surface area contributed by atoms with Crippen molar-refractivity contribution in [2.45, 2.75) is 31.8 Å². The van der Waals surface area contributed by atoms with Gasteiger partial charge in [0.05, 0.1) is 12.1 Å². The summed E-state index contributed by atoms with van der Waals surface area (Å²) in [6.07, 6.45) is 4.26. The number of hydrogen-bond acceptors (Lipinski definition) is 3. The quantitative estimate of drug-likeness (QED) is 0.647. The number of carbonyl (C=O) groups is 1. The summed E-state index contributed by atoms with van der Waals surface area (Å²) in [5, 5.41) is 3.05. The molecule has 0 radical (unpaired) electrons. The lowest BCUT2D eigenvalue weighted by molar-refractivity contribution is -0.121. The van der Waals surface area contributed by atoms with E-state index in [9.17, 15) is 4.79 Å². The van der Waals surface area contributed by atoms with Crippen LogP contribution < -0.4 is 10.1 Å². The summed E-state index contributed by atoms with van der Waals surface area (Å²) < 4.78 is 7.96. The van der Waals surface area contributed by atoms with Crippen LogP contribution in [0.25, 0.3) is 0 Å². The maximum Gasteiger partial charge on any atom is 0.241 e. The third-order valence-electron chi connectivity index (χ3n) is 5.60. The number of aromatic nitrogens is 1. The summed E-state index contributed by atoms with van der Waals surface area (Å²) in [7, 11) is 2.07. The maximum atomic E-state index is 12.9. The molecule has 0 bridgehead atoms. The molecule has 29 heavy (non-hydrogen) atoms. The number of anilines is 1. The second-order valence-electron chi connectivity index (χ2n) is 7.54. The van der Waals surface area contributed by atoms with E-state index in [1.165, 1.54) is 5.69 Å². The minimum absolute atomic E-state index is 0.0165. The normalized spacial score (nSPS) is 17.8. The van der Waals surface area contributed by atoms with Gasteiger partial charge in [-0.25, -0.2) is 0 Å². The summed E-state index contributed by atoms with van der Waals surface area (Å²) in [6.45, 7) is 2.93. The van der Waals surface area contributed by atoms with Crippen molar-refractivity contribution < 1.29 is 9.53 Å². The van der Waals surface area contributed by atoms with Gasteiger partial charge < -0.3 is 14.6 Å². The number of amides is 1. The van der Waals surface area contributed by atoms with Crippen LogP contribution in [-0.4, -0.2) is 28.0 Å². The van der Waals surface area contributed by atoms with Crippen LogP contribution in [0.15, 0.2) is 72.9 Å². The molecule has 3 aromatic rings. The number of hydrogen-bond donors (Lipinski definition) is 1. The summed E-state index contributed by atoms with van der Waals surface area (Å²) in [6, 6.07) is 21.5. The van der Waals surface area contributed by atoms with Crippen molar-refractivity contribution in [3.05, 3.63) is 78.6 Å². The van der Waals surface area contributed by atoms with E-state index in [1.54, 1.807) is 0 Å². The fourth-order valence-electron chi connectivity index (χ4n) is 4.02. The van der Waals surface area contributed by atoms with Gasteiger partial charge in [-0.3, -0.25) is 9.69 Å². The lowest BCUT2D eigenvalue weighted by Gasteiger charge is -2.30. The molecular weight excluding hydrogens is 362 g/mol. The van der Waals surface area contributed by atoms with E-state index < -0.39 is 0 Å². The van der Waals surface area contributed by atoms with Crippen LogP contribution in [0.1, 0.15) is 31.5 Å². The van der Waals surface area contributed by atoms with Gasteiger partial charge in [0.1, 0.15) is 11.5 Å². The Morgan fingerprint density at radius 3 is 2.45 bits per heavy atom. The Bertz CT molecular complexity index is 950. The summed E-state index contributed by atoms with van der Waals surface area (Å²) in [5.41, 5.74) is 2.04. The molecule has 5 nitrogen and oxygen atoms in total. The Labute approximate surface area is 171 Å². The van der Waals surface area contributed by atoms with Gasteiger partial charge in [0.25, 0.3) is 0 Å². The number of nitrogens with zero attached hydrogens (tertiary/aromatic N) is 2. The fourth-order valence-corrected chi connectivity index (χ4v) is 4.02. The molecule has 0 spiro atoms. The topological polar surface area (TPSA) is 46.5 Å². The second-order valence-corrected chi connectivity index (χ2v) is 7.54. The van der Waals surface area contributed by atoms with Crippen LogP contribution in [0.5, 0.6) is 11.5 Å². The molecule has 1 N–H and O–H groups in total. The largest absolute Gasteiger partial charge is 0.457 e. The zero-order valence-corrected chi connectivity index (χ0v) is 16.9. The molecule has 0 unspecified atom stereocenters. The van der Waals surface area contributed by atoms with E-state index in [4.69, 9.17) is 4.74 Å². The number of aryl methyl sites for hydroxylation is 1. The van der Waals surface area contributed by atoms with Crippen molar-refractivity contribution >= 4 is 11.6 Å². The molecular formula is C24H27N3O2. The first-order valence-electron chi connectivity index (χ1n) is 10.1. The molecule has 2 heterocycles. The number of carbonyl (C=O) groups excluding carboxylic acids is 1. The Morgan fingerprint density at radius 2 is 1.76 bits per heavy atom. The molecule has 0 aliphatic carbocycles. The van der Waals surface area contributed by atoms with Crippen molar-refractivity contribution in [2.75, 3.05) is 11.9 Å². The molecule has 1 fully saturated rings. The average Bonchev–Trinajstić information content (AvgIpc) is 3.38. The minimum atomic E-state index is -0.197. The summed E-state index contributed by atoms with van der Waals surface area (Å²) in [4.78, 5) is 15.2. The number of nitrogens with one attached hydrogen (secondary N) is 1. The maximum absolute atomic E-state index is 12.9. The monoisotopic (exact) mass is 389 g/mol. The Balaban J connectivity index is 1.39. The zero-order valence-electron chi connectivity index (χ0n) is 16.9. The van der Waals surface area contributed by atoms with Crippen LogP contribution >= 0.6 is 0 Å². The third kappa shape index (κ3) is 4.35. The van der Waals surface area contributed by atoms with Gasteiger partial charge in [-0.15, -0.1) is 0 Å². The molecule has 1 aromatic heterocycles. The number of ether oxygens (including phenoxy) is 1. The van der Waals surface area contributed by atoms with Crippen molar-refractivity contribution in [1.82, 2.24) is 9.47 Å². The SMILES string of the molecule is C[C@@H](C(=O)Nc1ccc(Oc2ccccc2)cc1)N1CCC[C@@H]1c1cccn1C. The highest BCUT2D eigenvalue weighted by molar-refractivity contribution is 5.94. The van der Waals surface area contributed by atoms with Crippen LogP contribution in [0.4, 0.5) is 5.69 Å². The molecule has 2 atom stereocenters. The van der Waals surface area contributed by atoms with E-state index >= 15 is 0 Å². The predicted molar refractivity (Wildman–Crippen MR) is 115 cm³/mol.